The van der Waals surface area contributed by atoms with Crippen LogP contribution >= 0.6 is 0 Å². The van der Waals surface area contributed by atoms with Gasteiger partial charge in [-0.05, 0) is 12.1 Å². The van der Waals surface area contributed by atoms with Crippen molar-refractivity contribution in [2.24, 2.45) is 0 Å². The Hall–Kier alpha value is -1.11. The van der Waals surface area contributed by atoms with E-state index in [4.69, 9.17) is 5.21 Å². The predicted molar refractivity (Wildman–Crippen MR) is 49.8 cm³/mol. The van der Waals surface area contributed by atoms with Gasteiger partial charge in [-0.2, -0.15) is 0 Å². The molecule has 1 rings (SSSR count). The van der Waals surface area contributed by atoms with E-state index in [0.717, 1.165) is 6.26 Å². The Balaban J connectivity index is 3.36. The predicted octanol–water partition coefficient (Wildman–Crippen LogP) is 0.275. The van der Waals surface area contributed by atoms with Crippen molar-refractivity contribution in [2.75, 3.05) is 6.26 Å². The SMILES string of the molecule is CS(=O)(=O)c1cccc(O)c1CNO. The van der Waals surface area contributed by atoms with Gasteiger partial charge in [-0.1, -0.05) is 6.07 Å². The molecule has 0 aliphatic heterocycles. The maximum absolute atomic E-state index is 11.3. The lowest BCUT2D eigenvalue weighted by molar-refractivity contribution is 0.159. The quantitative estimate of drug-likeness (QED) is 0.633. The van der Waals surface area contributed by atoms with Gasteiger partial charge < -0.3 is 10.3 Å². The standard InChI is InChI=1S/C8H11NO4S/c1-14(12,13)8-4-2-3-7(10)6(8)5-9-11/h2-4,9-11H,5H2,1H3. The van der Waals surface area contributed by atoms with Crippen molar-refractivity contribution < 1.29 is 18.7 Å². The summed E-state index contributed by atoms with van der Waals surface area (Å²) in [4.78, 5) is 0.0130. The molecule has 0 unspecified atom stereocenters. The van der Waals surface area contributed by atoms with Crippen LogP contribution in [0.5, 0.6) is 5.75 Å². The van der Waals surface area contributed by atoms with Gasteiger partial charge in [0, 0.05) is 11.8 Å². The monoisotopic (exact) mass is 217 g/mol. The zero-order chi connectivity index (χ0) is 10.8. The first-order valence-corrected chi connectivity index (χ1v) is 5.74. The van der Waals surface area contributed by atoms with Crippen LogP contribution in [0.4, 0.5) is 0 Å². The summed E-state index contributed by atoms with van der Waals surface area (Å²) in [5, 5.41) is 17.8. The van der Waals surface area contributed by atoms with Crippen LogP contribution in [0.15, 0.2) is 23.1 Å². The van der Waals surface area contributed by atoms with Gasteiger partial charge in [0.05, 0.1) is 11.4 Å². The average molecular weight is 217 g/mol. The van der Waals surface area contributed by atoms with Gasteiger partial charge in [0.15, 0.2) is 9.84 Å². The summed E-state index contributed by atoms with van der Waals surface area (Å²) < 4.78 is 22.5. The fourth-order valence-corrected chi connectivity index (χ4v) is 2.11. The number of hydrogen-bond acceptors (Lipinski definition) is 5. The molecule has 0 fully saturated rings. The Morgan fingerprint density at radius 1 is 1.43 bits per heavy atom. The molecule has 78 valence electrons. The number of sulfone groups is 1. The summed E-state index contributed by atoms with van der Waals surface area (Å²) in [6.45, 7) is -0.116. The molecule has 0 heterocycles. The normalized spacial score (nSPS) is 11.6. The molecule has 14 heavy (non-hydrogen) atoms. The summed E-state index contributed by atoms with van der Waals surface area (Å²) >= 11 is 0. The minimum Gasteiger partial charge on any atom is -0.508 e. The molecule has 0 radical (unpaired) electrons. The largest absolute Gasteiger partial charge is 0.508 e. The van der Waals surface area contributed by atoms with Gasteiger partial charge >= 0.3 is 0 Å². The van der Waals surface area contributed by atoms with E-state index in [1.807, 2.05) is 5.48 Å². The van der Waals surface area contributed by atoms with Crippen LogP contribution < -0.4 is 5.48 Å². The number of hydrogen-bond donors (Lipinski definition) is 3. The lowest BCUT2D eigenvalue weighted by atomic mass is 10.2. The van der Waals surface area contributed by atoms with Crippen molar-refractivity contribution in [3.8, 4) is 5.75 Å². The fraction of sp³-hybridized carbons (Fsp3) is 0.250. The molecule has 0 bridgehead atoms. The average Bonchev–Trinajstić information content (AvgIpc) is 2.07. The van der Waals surface area contributed by atoms with Gasteiger partial charge in [0.1, 0.15) is 5.75 Å². The van der Waals surface area contributed by atoms with Crippen molar-refractivity contribution in [3.63, 3.8) is 0 Å². The van der Waals surface area contributed by atoms with Gasteiger partial charge in [-0.15, -0.1) is 0 Å². The van der Waals surface area contributed by atoms with E-state index in [9.17, 15) is 13.5 Å². The second-order valence-corrected chi connectivity index (χ2v) is 4.85. The highest BCUT2D eigenvalue weighted by molar-refractivity contribution is 7.90. The molecule has 0 aliphatic rings. The molecular weight excluding hydrogens is 206 g/mol. The maximum Gasteiger partial charge on any atom is 0.175 e. The van der Waals surface area contributed by atoms with Crippen LogP contribution in [0.2, 0.25) is 0 Å². The molecule has 1 aromatic carbocycles. The Labute approximate surface area is 81.9 Å². The minimum absolute atomic E-state index is 0.0130. The number of phenols is 1. The molecule has 6 heteroatoms. The van der Waals surface area contributed by atoms with Crippen LogP contribution in [-0.2, 0) is 16.4 Å². The molecule has 0 aliphatic carbocycles. The van der Waals surface area contributed by atoms with Crippen molar-refractivity contribution >= 4 is 9.84 Å². The minimum atomic E-state index is -3.39. The maximum atomic E-state index is 11.3. The summed E-state index contributed by atoms with van der Waals surface area (Å²) in [6.07, 6.45) is 1.04. The van der Waals surface area contributed by atoms with Gasteiger partial charge in [0.2, 0.25) is 0 Å². The molecule has 0 spiro atoms. The lowest BCUT2D eigenvalue weighted by Crippen LogP contribution is -2.11. The van der Waals surface area contributed by atoms with Crippen LogP contribution in [0.1, 0.15) is 5.56 Å². The highest BCUT2D eigenvalue weighted by Crippen LogP contribution is 2.24. The second kappa shape index (κ2) is 3.95. The molecular formula is C8H11NO4S. The lowest BCUT2D eigenvalue weighted by Gasteiger charge is -2.08. The van der Waals surface area contributed by atoms with Crippen molar-refractivity contribution in [1.29, 1.82) is 0 Å². The van der Waals surface area contributed by atoms with E-state index < -0.39 is 9.84 Å². The number of rotatable bonds is 3. The Bertz CT molecular complexity index is 427. The van der Waals surface area contributed by atoms with Gasteiger partial charge in [-0.25, -0.2) is 13.9 Å². The molecule has 1 aromatic rings. The third-order valence-electron chi connectivity index (χ3n) is 1.76. The first-order chi connectivity index (χ1) is 6.46. The first kappa shape index (κ1) is 11.0. The third kappa shape index (κ3) is 2.22. The summed E-state index contributed by atoms with van der Waals surface area (Å²) in [5.41, 5.74) is 1.98. The first-order valence-electron chi connectivity index (χ1n) is 3.84. The smallest absolute Gasteiger partial charge is 0.175 e. The summed E-state index contributed by atoms with van der Waals surface area (Å²) in [6, 6.07) is 4.18. The topological polar surface area (TPSA) is 86.6 Å². The van der Waals surface area contributed by atoms with Gasteiger partial charge in [0.25, 0.3) is 0 Å². The number of phenolic OH excluding ortho intramolecular Hbond substituents is 1. The molecule has 0 saturated carbocycles. The van der Waals surface area contributed by atoms with Crippen LogP contribution in [0, 0.1) is 0 Å². The van der Waals surface area contributed by atoms with E-state index in [1.165, 1.54) is 18.2 Å². The Morgan fingerprint density at radius 3 is 2.57 bits per heavy atom. The van der Waals surface area contributed by atoms with Crippen LogP contribution in [0.3, 0.4) is 0 Å². The van der Waals surface area contributed by atoms with Crippen molar-refractivity contribution in [2.45, 2.75) is 11.4 Å². The van der Waals surface area contributed by atoms with Crippen LogP contribution in [-0.4, -0.2) is 25.0 Å². The van der Waals surface area contributed by atoms with Crippen molar-refractivity contribution in [1.82, 2.24) is 5.48 Å². The van der Waals surface area contributed by atoms with E-state index in [2.05, 4.69) is 0 Å². The number of benzene rings is 1. The highest BCUT2D eigenvalue weighted by Gasteiger charge is 2.15. The summed E-state index contributed by atoms with van der Waals surface area (Å²) in [7, 11) is -3.39. The van der Waals surface area contributed by atoms with E-state index >= 15 is 0 Å². The molecule has 0 atom stereocenters. The zero-order valence-corrected chi connectivity index (χ0v) is 8.37. The van der Waals surface area contributed by atoms with Gasteiger partial charge in [-0.3, -0.25) is 0 Å². The number of hydroxylamine groups is 1. The number of aromatic hydroxyl groups is 1. The fourth-order valence-electron chi connectivity index (χ4n) is 1.16. The van der Waals surface area contributed by atoms with E-state index in [1.54, 1.807) is 0 Å². The number of nitrogens with one attached hydrogen (secondary N) is 1. The molecule has 5 nitrogen and oxygen atoms in total. The molecule has 0 aromatic heterocycles. The van der Waals surface area contributed by atoms with E-state index in [-0.39, 0.29) is 22.8 Å². The third-order valence-corrected chi connectivity index (χ3v) is 2.95. The molecule has 3 N–H and O–H groups in total. The summed E-state index contributed by atoms with van der Waals surface area (Å²) in [5.74, 6) is -0.158. The Morgan fingerprint density at radius 2 is 2.07 bits per heavy atom. The van der Waals surface area contributed by atoms with E-state index in [0.29, 0.717) is 0 Å². The highest BCUT2D eigenvalue weighted by atomic mass is 32.2. The Kier molecular flexibility index (Phi) is 3.10. The zero-order valence-electron chi connectivity index (χ0n) is 7.56. The molecule has 0 saturated heterocycles. The van der Waals surface area contributed by atoms with Crippen molar-refractivity contribution in [3.05, 3.63) is 23.8 Å². The van der Waals surface area contributed by atoms with Crippen LogP contribution in [0.25, 0.3) is 0 Å². The molecule has 0 amide bonds. The second-order valence-electron chi connectivity index (χ2n) is 2.86.